The number of aromatic nitrogens is 2. The second-order valence-corrected chi connectivity index (χ2v) is 5.83. The third-order valence-corrected chi connectivity index (χ3v) is 4.38. The van der Waals surface area contributed by atoms with E-state index in [0.717, 1.165) is 17.0 Å². The Morgan fingerprint density at radius 2 is 1.62 bits per heavy atom. The highest BCUT2D eigenvalue weighted by Crippen LogP contribution is 2.35. The third kappa shape index (κ3) is 3.48. The summed E-state index contributed by atoms with van der Waals surface area (Å²) >= 11 is 0. The lowest BCUT2D eigenvalue weighted by molar-refractivity contribution is 0.346. The molecule has 24 heavy (non-hydrogen) atoms. The molecule has 0 unspecified atom stereocenters. The Kier molecular flexibility index (Phi) is 5.72. The van der Waals surface area contributed by atoms with E-state index in [0.29, 0.717) is 18.0 Å². The van der Waals surface area contributed by atoms with Crippen LogP contribution in [-0.2, 0) is 13.6 Å². The van der Waals surface area contributed by atoms with Crippen LogP contribution in [0.4, 0.5) is 0 Å². The van der Waals surface area contributed by atoms with E-state index < -0.39 is 0 Å². The minimum atomic E-state index is 0.177. The molecule has 2 rings (SSSR count). The zero-order valence-electron chi connectivity index (χ0n) is 15.6. The zero-order chi connectivity index (χ0) is 17.9. The highest BCUT2D eigenvalue weighted by Gasteiger charge is 2.17. The normalized spacial score (nSPS) is 12.1. The quantitative estimate of drug-likeness (QED) is 0.844. The van der Waals surface area contributed by atoms with Crippen LogP contribution >= 0.6 is 0 Å². The molecule has 1 heterocycles. The lowest BCUT2D eigenvalue weighted by atomic mass is 10.1. The first-order chi connectivity index (χ1) is 11.4. The van der Waals surface area contributed by atoms with Gasteiger partial charge in [-0.25, -0.2) is 0 Å². The number of nitrogens with zero attached hydrogens (tertiary/aromatic N) is 2. The Hall–Kier alpha value is -2.21. The van der Waals surface area contributed by atoms with Crippen molar-refractivity contribution >= 4 is 0 Å². The Labute approximate surface area is 143 Å². The number of methoxy groups -OCH3 is 3. The van der Waals surface area contributed by atoms with Gasteiger partial charge in [0.05, 0.1) is 27.0 Å². The lowest BCUT2D eigenvalue weighted by Gasteiger charge is -2.18. The molecule has 0 aliphatic carbocycles. The maximum Gasteiger partial charge on any atom is 0.164 e. The van der Waals surface area contributed by atoms with E-state index in [1.54, 1.807) is 21.3 Å². The molecule has 1 aromatic carbocycles. The molecule has 132 valence electrons. The molecule has 0 aliphatic heterocycles. The summed E-state index contributed by atoms with van der Waals surface area (Å²) in [7, 11) is 6.87. The Morgan fingerprint density at radius 3 is 2.12 bits per heavy atom. The molecule has 0 spiro atoms. The Morgan fingerprint density at radius 1 is 1.04 bits per heavy atom. The van der Waals surface area contributed by atoms with Crippen molar-refractivity contribution in [2.24, 2.45) is 7.05 Å². The molecule has 0 saturated heterocycles. The standard InChI is InChI=1S/C18H27N3O3/c1-11(18-12(2)20-21(4)13(18)3)19-10-14-8-16(23-6)17(24-7)9-15(14)22-5/h8-9,11,19H,10H2,1-7H3/t11-/m0/s1. The molecule has 0 saturated carbocycles. The number of ether oxygens (including phenoxy) is 3. The predicted octanol–water partition coefficient (Wildman–Crippen LogP) is 2.91. The van der Waals surface area contributed by atoms with Crippen LogP contribution in [0.25, 0.3) is 0 Å². The zero-order valence-corrected chi connectivity index (χ0v) is 15.6. The lowest BCUT2D eigenvalue weighted by Crippen LogP contribution is -2.20. The molecular formula is C18H27N3O3. The fourth-order valence-electron chi connectivity index (χ4n) is 3.01. The molecule has 1 N–H and O–H groups in total. The first kappa shape index (κ1) is 18.1. The molecule has 6 heteroatoms. The van der Waals surface area contributed by atoms with E-state index in [2.05, 4.69) is 24.3 Å². The first-order valence-electron chi connectivity index (χ1n) is 7.95. The van der Waals surface area contributed by atoms with Crippen molar-refractivity contribution in [2.75, 3.05) is 21.3 Å². The average molecular weight is 333 g/mol. The summed E-state index contributed by atoms with van der Waals surface area (Å²) in [5, 5.41) is 8.03. The number of hydrogen-bond donors (Lipinski definition) is 1. The van der Waals surface area contributed by atoms with Gasteiger partial charge in [0.25, 0.3) is 0 Å². The van der Waals surface area contributed by atoms with Gasteiger partial charge in [-0.3, -0.25) is 4.68 Å². The van der Waals surface area contributed by atoms with Crippen LogP contribution < -0.4 is 19.5 Å². The van der Waals surface area contributed by atoms with Crippen LogP contribution in [0.3, 0.4) is 0 Å². The van der Waals surface area contributed by atoms with Gasteiger partial charge < -0.3 is 19.5 Å². The minimum absolute atomic E-state index is 0.177. The van der Waals surface area contributed by atoms with Gasteiger partial charge in [-0.2, -0.15) is 5.10 Å². The highest BCUT2D eigenvalue weighted by molar-refractivity contribution is 5.50. The van der Waals surface area contributed by atoms with E-state index in [1.807, 2.05) is 30.8 Å². The van der Waals surface area contributed by atoms with Crippen LogP contribution in [-0.4, -0.2) is 31.1 Å². The number of aryl methyl sites for hydroxylation is 2. The summed E-state index contributed by atoms with van der Waals surface area (Å²) in [5.41, 5.74) is 4.47. The van der Waals surface area contributed by atoms with Gasteiger partial charge in [0.1, 0.15) is 5.75 Å². The minimum Gasteiger partial charge on any atom is -0.496 e. The largest absolute Gasteiger partial charge is 0.496 e. The smallest absolute Gasteiger partial charge is 0.164 e. The summed E-state index contributed by atoms with van der Waals surface area (Å²) < 4.78 is 18.1. The van der Waals surface area contributed by atoms with Gasteiger partial charge >= 0.3 is 0 Å². The van der Waals surface area contributed by atoms with Gasteiger partial charge in [0, 0.05) is 42.5 Å². The van der Waals surface area contributed by atoms with E-state index in [4.69, 9.17) is 14.2 Å². The van der Waals surface area contributed by atoms with Crippen molar-refractivity contribution in [1.29, 1.82) is 0 Å². The summed E-state index contributed by atoms with van der Waals surface area (Å²) in [6.45, 7) is 6.92. The molecule has 6 nitrogen and oxygen atoms in total. The highest BCUT2D eigenvalue weighted by atomic mass is 16.5. The van der Waals surface area contributed by atoms with Crippen LogP contribution in [0.15, 0.2) is 12.1 Å². The van der Waals surface area contributed by atoms with Gasteiger partial charge in [-0.05, 0) is 26.8 Å². The molecule has 0 amide bonds. The average Bonchev–Trinajstić information content (AvgIpc) is 2.84. The molecule has 0 radical (unpaired) electrons. The van der Waals surface area contributed by atoms with Crippen LogP contribution in [0.2, 0.25) is 0 Å². The number of hydrogen-bond acceptors (Lipinski definition) is 5. The van der Waals surface area contributed by atoms with Crippen molar-refractivity contribution in [3.8, 4) is 17.2 Å². The monoisotopic (exact) mass is 333 g/mol. The van der Waals surface area contributed by atoms with Gasteiger partial charge in [0.15, 0.2) is 11.5 Å². The third-order valence-electron chi connectivity index (χ3n) is 4.38. The molecular weight excluding hydrogens is 306 g/mol. The Balaban J connectivity index is 2.22. The molecule has 0 fully saturated rings. The van der Waals surface area contributed by atoms with E-state index in [-0.39, 0.29) is 6.04 Å². The molecule has 1 atom stereocenters. The summed E-state index contributed by atoms with van der Waals surface area (Å²) in [6.07, 6.45) is 0. The number of nitrogens with one attached hydrogen (secondary N) is 1. The maximum atomic E-state index is 5.48. The topological polar surface area (TPSA) is 57.5 Å². The van der Waals surface area contributed by atoms with Crippen molar-refractivity contribution in [2.45, 2.75) is 33.4 Å². The first-order valence-corrected chi connectivity index (χ1v) is 7.95. The second-order valence-electron chi connectivity index (χ2n) is 5.83. The van der Waals surface area contributed by atoms with Crippen LogP contribution in [0.1, 0.15) is 35.5 Å². The van der Waals surface area contributed by atoms with Crippen molar-refractivity contribution in [3.05, 3.63) is 34.6 Å². The van der Waals surface area contributed by atoms with Gasteiger partial charge in [0.2, 0.25) is 0 Å². The molecule has 0 aliphatic rings. The molecule has 0 bridgehead atoms. The fraction of sp³-hybridized carbons (Fsp3) is 0.500. The van der Waals surface area contributed by atoms with Crippen LogP contribution in [0.5, 0.6) is 17.2 Å². The van der Waals surface area contributed by atoms with Crippen LogP contribution in [0, 0.1) is 13.8 Å². The van der Waals surface area contributed by atoms with Crippen molar-refractivity contribution < 1.29 is 14.2 Å². The van der Waals surface area contributed by atoms with Crippen molar-refractivity contribution in [1.82, 2.24) is 15.1 Å². The number of benzene rings is 1. The SMILES string of the molecule is COc1cc(OC)c(OC)cc1CN[C@@H](C)c1c(C)nn(C)c1C. The second kappa shape index (κ2) is 7.57. The predicted molar refractivity (Wildman–Crippen MR) is 94.0 cm³/mol. The van der Waals surface area contributed by atoms with Gasteiger partial charge in [-0.15, -0.1) is 0 Å². The van der Waals surface area contributed by atoms with E-state index in [9.17, 15) is 0 Å². The van der Waals surface area contributed by atoms with E-state index in [1.165, 1.54) is 11.3 Å². The number of rotatable bonds is 7. The molecule has 2 aromatic rings. The maximum absolute atomic E-state index is 5.48. The molecule has 1 aromatic heterocycles. The summed E-state index contributed by atoms with van der Waals surface area (Å²) in [4.78, 5) is 0. The summed E-state index contributed by atoms with van der Waals surface area (Å²) in [6, 6.07) is 3.97. The van der Waals surface area contributed by atoms with Crippen molar-refractivity contribution in [3.63, 3.8) is 0 Å². The van der Waals surface area contributed by atoms with E-state index >= 15 is 0 Å². The summed E-state index contributed by atoms with van der Waals surface area (Å²) in [5.74, 6) is 2.12. The Bertz CT molecular complexity index is 710. The van der Waals surface area contributed by atoms with Gasteiger partial charge in [-0.1, -0.05) is 0 Å². The fourth-order valence-corrected chi connectivity index (χ4v) is 3.01.